The number of rotatable bonds is 6. The molecule has 0 saturated heterocycles. The number of ketones is 1. The first-order chi connectivity index (χ1) is 10.7. The summed E-state index contributed by atoms with van der Waals surface area (Å²) < 4.78 is 13.7. The Bertz CT molecular complexity index is 697. The Morgan fingerprint density at radius 2 is 2.23 bits per heavy atom. The van der Waals surface area contributed by atoms with Gasteiger partial charge < -0.3 is 0 Å². The van der Waals surface area contributed by atoms with E-state index in [2.05, 4.69) is 15.4 Å². The normalized spacial score (nSPS) is 19.9. The monoisotopic (exact) mass is 318 g/mol. The van der Waals surface area contributed by atoms with E-state index in [-0.39, 0.29) is 11.3 Å². The quantitative estimate of drug-likeness (QED) is 0.278. The van der Waals surface area contributed by atoms with Gasteiger partial charge in [0.15, 0.2) is 5.16 Å². The Morgan fingerprint density at radius 3 is 2.95 bits per heavy atom. The van der Waals surface area contributed by atoms with E-state index in [1.165, 1.54) is 36.2 Å². The second-order valence-electron chi connectivity index (χ2n) is 5.11. The molecule has 1 fully saturated rings. The van der Waals surface area contributed by atoms with Crippen molar-refractivity contribution in [3.8, 4) is 0 Å². The maximum atomic E-state index is 13.7. The molecule has 1 saturated carbocycles. The second-order valence-corrected chi connectivity index (χ2v) is 6.10. The van der Waals surface area contributed by atoms with Crippen LogP contribution >= 0.6 is 11.8 Å². The standard InChI is InChI=1S/C15H15FN4OS/c16-11-4-2-1-3-10(11)14(21)12-5-6-18-15(19-12)22-8-9-7-13(9)20-17/h1-6,9,13,20H,7-8,17H2. The molecular weight excluding hydrogens is 303 g/mol. The molecule has 0 amide bonds. The molecule has 0 spiro atoms. The fourth-order valence-corrected chi connectivity index (χ4v) is 3.17. The molecule has 0 aliphatic heterocycles. The number of carbonyl (C=O) groups is 1. The third-order valence-corrected chi connectivity index (χ3v) is 4.60. The molecule has 2 unspecified atom stereocenters. The van der Waals surface area contributed by atoms with Gasteiger partial charge in [-0.3, -0.25) is 16.1 Å². The Hall–Kier alpha value is -1.83. The first-order valence-corrected chi connectivity index (χ1v) is 7.89. The van der Waals surface area contributed by atoms with Crippen molar-refractivity contribution in [3.63, 3.8) is 0 Å². The molecule has 1 aromatic heterocycles. The summed E-state index contributed by atoms with van der Waals surface area (Å²) in [4.78, 5) is 20.7. The zero-order valence-electron chi connectivity index (χ0n) is 11.7. The zero-order valence-corrected chi connectivity index (χ0v) is 12.5. The molecule has 1 heterocycles. The SMILES string of the molecule is NNC1CC1CSc1nccc(C(=O)c2ccccc2F)n1. The number of hydrogen-bond acceptors (Lipinski definition) is 6. The summed E-state index contributed by atoms with van der Waals surface area (Å²) in [6.07, 6.45) is 2.56. The van der Waals surface area contributed by atoms with Crippen LogP contribution in [0.3, 0.4) is 0 Å². The van der Waals surface area contributed by atoms with Crippen molar-refractivity contribution in [2.75, 3.05) is 5.75 Å². The largest absolute Gasteiger partial charge is 0.287 e. The van der Waals surface area contributed by atoms with E-state index in [0.717, 1.165) is 12.2 Å². The van der Waals surface area contributed by atoms with E-state index in [1.807, 2.05) is 0 Å². The number of hydrogen-bond donors (Lipinski definition) is 2. The van der Waals surface area contributed by atoms with E-state index in [0.29, 0.717) is 17.1 Å². The van der Waals surface area contributed by atoms with Crippen LogP contribution in [0.4, 0.5) is 4.39 Å². The lowest BCUT2D eigenvalue weighted by molar-refractivity contribution is 0.102. The van der Waals surface area contributed by atoms with Crippen LogP contribution in [-0.4, -0.2) is 27.5 Å². The number of benzene rings is 1. The second kappa shape index (κ2) is 6.51. The van der Waals surface area contributed by atoms with E-state index in [4.69, 9.17) is 5.84 Å². The zero-order chi connectivity index (χ0) is 15.5. The molecule has 7 heteroatoms. The lowest BCUT2D eigenvalue weighted by Crippen LogP contribution is -2.26. The van der Waals surface area contributed by atoms with Gasteiger partial charge in [0.25, 0.3) is 0 Å². The van der Waals surface area contributed by atoms with Crippen molar-refractivity contribution in [3.05, 3.63) is 53.6 Å². The van der Waals surface area contributed by atoms with Crippen molar-refractivity contribution >= 4 is 17.5 Å². The lowest BCUT2D eigenvalue weighted by atomic mass is 10.1. The molecule has 1 aliphatic carbocycles. The summed E-state index contributed by atoms with van der Waals surface area (Å²) in [5.41, 5.74) is 2.95. The average molecular weight is 318 g/mol. The third-order valence-electron chi connectivity index (χ3n) is 3.55. The molecule has 114 valence electrons. The Morgan fingerprint density at radius 1 is 1.41 bits per heavy atom. The van der Waals surface area contributed by atoms with Crippen LogP contribution in [0.2, 0.25) is 0 Å². The van der Waals surface area contributed by atoms with E-state index in [1.54, 1.807) is 12.1 Å². The van der Waals surface area contributed by atoms with Gasteiger partial charge in [-0.05, 0) is 30.5 Å². The Kier molecular flexibility index (Phi) is 4.47. The minimum atomic E-state index is -0.546. The molecule has 22 heavy (non-hydrogen) atoms. The van der Waals surface area contributed by atoms with Gasteiger partial charge in [0.1, 0.15) is 11.5 Å². The minimum Gasteiger partial charge on any atom is -0.287 e. The number of nitrogens with two attached hydrogens (primary N) is 1. The van der Waals surface area contributed by atoms with Gasteiger partial charge in [-0.2, -0.15) is 0 Å². The van der Waals surface area contributed by atoms with Gasteiger partial charge in [0.05, 0.1) is 5.56 Å². The van der Waals surface area contributed by atoms with Crippen LogP contribution < -0.4 is 11.3 Å². The van der Waals surface area contributed by atoms with Crippen LogP contribution in [-0.2, 0) is 0 Å². The summed E-state index contributed by atoms with van der Waals surface area (Å²) >= 11 is 1.48. The number of nitrogens with one attached hydrogen (secondary N) is 1. The van der Waals surface area contributed by atoms with Gasteiger partial charge in [-0.25, -0.2) is 14.4 Å². The smallest absolute Gasteiger partial charge is 0.214 e. The van der Waals surface area contributed by atoms with Crippen molar-refractivity contribution in [1.82, 2.24) is 15.4 Å². The van der Waals surface area contributed by atoms with Crippen molar-refractivity contribution in [1.29, 1.82) is 0 Å². The number of thioether (sulfide) groups is 1. The predicted octanol–water partition coefficient (Wildman–Crippen LogP) is 1.79. The molecule has 0 bridgehead atoms. The fraction of sp³-hybridized carbons (Fsp3) is 0.267. The lowest BCUT2D eigenvalue weighted by Gasteiger charge is -2.04. The summed E-state index contributed by atoms with van der Waals surface area (Å²) in [7, 11) is 0. The maximum absolute atomic E-state index is 13.7. The molecule has 1 aromatic carbocycles. The van der Waals surface area contributed by atoms with Crippen LogP contribution in [0.25, 0.3) is 0 Å². The molecule has 2 atom stereocenters. The van der Waals surface area contributed by atoms with E-state index < -0.39 is 11.6 Å². The molecule has 1 aliphatic rings. The number of hydrazine groups is 1. The first-order valence-electron chi connectivity index (χ1n) is 6.90. The molecule has 2 aromatic rings. The predicted molar refractivity (Wildman–Crippen MR) is 81.8 cm³/mol. The van der Waals surface area contributed by atoms with Crippen LogP contribution in [0.1, 0.15) is 22.5 Å². The van der Waals surface area contributed by atoms with Gasteiger partial charge >= 0.3 is 0 Å². The highest BCUT2D eigenvalue weighted by Gasteiger charge is 2.36. The van der Waals surface area contributed by atoms with Gasteiger partial charge in [-0.15, -0.1) is 0 Å². The van der Waals surface area contributed by atoms with Crippen molar-refractivity contribution in [2.45, 2.75) is 17.6 Å². The molecule has 5 nitrogen and oxygen atoms in total. The average Bonchev–Trinajstić information content (AvgIpc) is 3.32. The number of aromatic nitrogens is 2. The van der Waals surface area contributed by atoms with Crippen LogP contribution in [0.5, 0.6) is 0 Å². The minimum absolute atomic E-state index is 0.0201. The summed E-state index contributed by atoms with van der Waals surface area (Å²) in [6, 6.07) is 7.74. The highest BCUT2D eigenvalue weighted by atomic mass is 32.2. The van der Waals surface area contributed by atoms with Crippen molar-refractivity contribution in [2.24, 2.45) is 11.8 Å². The van der Waals surface area contributed by atoms with Gasteiger partial charge in [-0.1, -0.05) is 23.9 Å². The van der Waals surface area contributed by atoms with Gasteiger partial charge in [0.2, 0.25) is 5.78 Å². The topological polar surface area (TPSA) is 80.9 Å². The highest BCUT2D eigenvalue weighted by Crippen LogP contribution is 2.34. The van der Waals surface area contributed by atoms with Crippen LogP contribution in [0.15, 0.2) is 41.7 Å². The Labute approximate surface area is 131 Å². The molecule has 3 rings (SSSR count). The highest BCUT2D eigenvalue weighted by molar-refractivity contribution is 7.99. The summed E-state index contributed by atoms with van der Waals surface area (Å²) in [5.74, 6) is 5.73. The molecular formula is C15H15FN4OS. The van der Waals surface area contributed by atoms with E-state index >= 15 is 0 Å². The molecule has 0 radical (unpaired) electrons. The van der Waals surface area contributed by atoms with Crippen molar-refractivity contribution < 1.29 is 9.18 Å². The maximum Gasteiger partial charge on any atom is 0.214 e. The first kappa shape index (κ1) is 15.1. The number of carbonyl (C=O) groups excluding carboxylic acids is 1. The van der Waals surface area contributed by atoms with Crippen LogP contribution in [0, 0.1) is 11.7 Å². The third kappa shape index (κ3) is 3.32. The summed E-state index contributed by atoms with van der Waals surface area (Å²) in [5, 5.41) is 0.518. The Balaban J connectivity index is 1.71. The molecule has 3 N–H and O–H groups in total. The number of halogens is 1. The summed E-state index contributed by atoms with van der Waals surface area (Å²) in [6.45, 7) is 0. The van der Waals surface area contributed by atoms with Gasteiger partial charge in [0, 0.05) is 18.0 Å². The van der Waals surface area contributed by atoms with E-state index in [9.17, 15) is 9.18 Å². The fourth-order valence-electron chi connectivity index (χ4n) is 2.14. The number of nitrogens with zero attached hydrogens (tertiary/aromatic N) is 2.